The van der Waals surface area contributed by atoms with Crippen molar-refractivity contribution in [3.05, 3.63) is 99.0 Å². The standard InChI is InChI=1S/C24H17BrN2O/c1-17-6-9-19(10-7-17)22(15-27)12-18-8-11-24(23(25)13-18)28-16-21-5-3-2-4-20(21)14-26/h2-13H,16H2,1H3/b22-12-. The van der Waals surface area contributed by atoms with Crippen LogP contribution in [0, 0.1) is 29.6 Å². The van der Waals surface area contributed by atoms with E-state index < -0.39 is 0 Å². The van der Waals surface area contributed by atoms with Crippen LogP contribution in [0.4, 0.5) is 0 Å². The number of benzene rings is 3. The van der Waals surface area contributed by atoms with Crippen LogP contribution >= 0.6 is 15.9 Å². The molecule has 0 amide bonds. The Morgan fingerprint density at radius 1 is 1.04 bits per heavy atom. The average molecular weight is 429 g/mol. The molecule has 0 bridgehead atoms. The van der Waals surface area contributed by atoms with Crippen LogP contribution in [-0.4, -0.2) is 0 Å². The van der Waals surface area contributed by atoms with E-state index in [2.05, 4.69) is 28.1 Å². The molecule has 0 aliphatic rings. The van der Waals surface area contributed by atoms with Gasteiger partial charge in [0.25, 0.3) is 0 Å². The van der Waals surface area contributed by atoms with E-state index in [4.69, 9.17) is 4.74 Å². The van der Waals surface area contributed by atoms with Gasteiger partial charge in [0.2, 0.25) is 0 Å². The van der Waals surface area contributed by atoms with Gasteiger partial charge in [0, 0.05) is 5.56 Å². The fraction of sp³-hybridized carbons (Fsp3) is 0.0833. The van der Waals surface area contributed by atoms with Gasteiger partial charge in [0.15, 0.2) is 0 Å². The van der Waals surface area contributed by atoms with E-state index in [0.717, 1.165) is 26.7 Å². The molecule has 0 unspecified atom stereocenters. The molecule has 0 N–H and O–H groups in total. The number of ether oxygens (including phenoxy) is 1. The van der Waals surface area contributed by atoms with Crippen molar-refractivity contribution in [1.82, 2.24) is 0 Å². The van der Waals surface area contributed by atoms with E-state index in [-0.39, 0.29) is 0 Å². The molecule has 3 nitrogen and oxygen atoms in total. The highest BCUT2D eigenvalue weighted by atomic mass is 79.9. The lowest BCUT2D eigenvalue weighted by Gasteiger charge is -2.10. The highest BCUT2D eigenvalue weighted by molar-refractivity contribution is 9.10. The Kier molecular flexibility index (Phi) is 6.27. The number of aryl methyl sites for hydroxylation is 1. The maximum Gasteiger partial charge on any atom is 0.134 e. The number of rotatable bonds is 5. The maximum absolute atomic E-state index is 9.51. The molecule has 0 saturated heterocycles. The van der Waals surface area contributed by atoms with Gasteiger partial charge in [-0.3, -0.25) is 0 Å². The number of hydrogen-bond donors (Lipinski definition) is 0. The van der Waals surface area contributed by atoms with Crippen LogP contribution in [0.25, 0.3) is 11.6 Å². The molecule has 4 heteroatoms. The Bertz CT molecular complexity index is 1100. The monoisotopic (exact) mass is 428 g/mol. The predicted octanol–water partition coefficient (Wildman–Crippen LogP) is 6.27. The van der Waals surface area contributed by atoms with Crippen molar-refractivity contribution in [2.24, 2.45) is 0 Å². The summed E-state index contributed by atoms with van der Waals surface area (Å²) < 4.78 is 6.65. The van der Waals surface area contributed by atoms with Crippen molar-refractivity contribution in [3.8, 4) is 17.9 Å². The predicted molar refractivity (Wildman–Crippen MR) is 114 cm³/mol. The second-order valence-corrected chi connectivity index (χ2v) is 7.14. The second kappa shape index (κ2) is 9.04. The van der Waals surface area contributed by atoms with Gasteiger partial charge in [-0.25, -0.2) is 0 Å². The third kappa shape index (κ3) is 4.68. The minimum atomic E-state index is 0.310. The van der Waals surface area contributed by atoms with E-state index >= 15 is 0 Å². The minimum Gasteiger partial charge on any atom is -0.488 e. The number of nitrogens with zero attached hydrogens (tertiary/aromatic N) is 2. The summed E-state index contributed by atoms with van der Waals surface area (Å²) in [4.78, 5) is 0. The molecule has 28 heavy (non-hydrogen) atoms. The highest BCUT2D eigenvalue weighted by Crippen LogP contribution is 2.29. The molecule has 0 aliphatic carbocycles. The van der Waals surface area contributed by atoms with Crippen LogP contribution in [0.5, 0.6) is 5.75 Å². The average Bonchev–Trinajstić information content (AvgIpc) is 2.72. The largest absolute Gasteiger partial charge is 0.488 e. The molecule has 0 aromatic heterocycles. The zero-order valence-corrected chi connectivity index (χ0v) is 16.9. The van der Waals surface area contributed by atoms with Gasteiger partial charge < -0.3 is 4.74 Å². The Morgan fingerprint density at radius 2 is 1.79 bits per heavy atom. The summed E-state index contributed by atoms with van der Waals surface area (Å²) >= 11 is 3.53. The third-order valence-electron chi connectivity index (χ3n) is 4.27. The van der Waals surface area contributed by atoms with Crippen LogP contribution in [0.15, 0.2) is 71.2 Å². The van der Waals surface area contributed by atoms with E-state index in [1.54, 1.807) is 6.07 Å². The first-order valence-electron chi connectivity index (χ1n) is 8.70. The number of hydrogen-bond acceptors (Lipinski definition) is 3. The summed E-state index contributed by atoms with van der Waals surface area (Å²) in [6, 6.07) is 25.4. The molecule has 0 radical (unpaired) electrons. The summed E-state index contributed by atoms with van der Waals surface area (Å²) in [5.74, 6) is 0.679. The van der Waals surface area contributed by atoms with E-state index in [1.165, 1.54) is 0 Å². The molecule has 0 atom stereocenters. The van der Waals surface area contributed by atoms with Crippen molar-refractivity contribution < 1.29 is 4.74 Å². The summed E-state index contributed by atoms with van der Waals surface area (Å²) in [6.07, 6.45) is 1.85. The number of halogens is 1. The molecule has 136 valence electrons. The van der Waals surface area contributed by atoms with E-state index in [1.807, 2.05) is 73.7 Å². The van der Waals surface area contributed by atoms with Crippen molar-refractivity contribution >= 4 is 27.6 Å². The van der Waals surface area contributed by atoms with Gasteiger partial charge in [0.05, 0.1) is 27.7 Å². The normalized spacial score (nSPS) is 10.8. The fourth-order valence-electron chi connectivity index (χ4n) is 2.71. The topological polar surface area (TPSA) is 56.8 Å². The van der Waals surface area contributed by atoms with Crippen molar-refractivity contribution in [2.75, 3.05) is 0 Å². The molecule has 3 rings (SSSR count). The minimum absolute atomic E-state index is 0.310. The van der Waals surface area contributed by atoms with Crippen LogP contribution in [0.2, 0.25) is 0 Å². The maximum atomic E-state index is 9.51. The smallest absolute Gasteiger partial charge is 0.134 e. The van der Waals surface area contributed by atoms with Crippen LogP contribution < -0.4 is 4.74 Å². The summed E-state index contributed by atoms with van der Waals surface area (Å²) in [5.41, 5.74) is 4.99. The van der Waals surface area contributed by atoms with Crippen LogP contribution in [0.3, 0.4) is 0 Å². The zero-order chi connectivity index (χ0) is 19.9. The van der Waals surface area contributed by atoms with Gasteiger partial charge in [-0.2, -0.15) is 10.5 Å². The summed E-state index contributed by atoms with van der Waals surface area (Å²) in [7, 11) is 0. The number of nitriles is 2. The Labute approximate surface area is 173 Å². The summed E-state index contributed by atoms with van der Waals surface area (Å²) in [6.45, 7) is 2.33. The lowest BCUT2D eigenvalue weighted by Crippen LogP contribution is -1.98. The molecule has 0 spiro atoms. The quantitative estimate of drug-likeness (QED) is 0.355. The Hall–Kier alpha value is -3.34. The molecule has 0 aliphatic heterocycles. The second-order valence-electron chi connectivity index (χ2n) is 6.28. The molecule has 0 saturated carbocycles. The van der Waals surface area contributed by atoms with Crippen LogP contribution in [-0.2, 0) is 6.61 Å². The summed E-state index contributed by atoms with van der Waals surface area (Å²) in [5, 5.41) is 18.7. The zero-order valence-electron chi connectivity index (χ0n) is 15.3. The van der Waals surface area contributed by atoms with Gasteiger partial charge in [-0.15, -0.1) is 0 Å². The van der Waals surface area contributed by atoms with Crippen LogP contribution in [0.1, 0.15) is 27.8 Å². The van der Waals surface area contributed by atoms with Gasteiger partial charge in [-0.05, 0) is 58.3 Å². The van der Waals surface area contributed by atoms with Crippen molar-refractivity contribution in [1.29, 1.82) is 10.5 Å². The highest BCUT2D eigenvalue weighted by Gasteiger charge is 2.07. The Morgan fingerprint density at radius 3 is 2.46 bits per heavy atom. The molecule has 0 heterocycles. The van der Waals surface area contributed by atoms with Crippen molar-refractivity contribution in [3.63, 3.8) is 0 Å². The van der Waals surface area contributed by atoms with Gasteiger partial charge in [0.1, 0.15) is 12.4 Å². The molecular formula is C24H17BrN2O. The van der Waals surface area contributed by atoms with Crippen molar-refractivity contribution in [2.45, 2.75) is 13.5 Å². The number of allylic oxidation sites excluding steroid dienone is 1. The van der Waals surface area contributed by atoms with E-state index in [0.29, 0.717) is 23.5 Å². The first-order valence-corrected chi connectivity index (χ1v) is 9.49. The lowest BCUT2D eigenvalue weighted by molar-refractivity contribution is 0.304. The first-order chi connectivity index (χ1) is 13.6. The third-order valence-corrected chi connectivity index (χ3v) is 4.89. The molecule has 3 aromatic carbocycles. The van der Waals surface area contributed by atoms with E-state index in [9.17, 15) is 10.5 Å². The molecule has 3 aromatic rings. The Balaban J connectivity index is 1.79. The fourth-order valence-corrected chi connectivity index (χ4v) is 3.23. The SMILES string of the molecule is Cc1ccc(/C(C#N)=C\c2ccc(OCc3ccccc3C#N)c(Br)c2)cc1. The molecular weight excluding hydrogens is 412 g/mol. The lowest BCUT2D eigenvalue weighted by atomic mass is 10.0. The first kappa shape index (κ1) is 19.4. The van der Waals surface area contributed by atoms with Gasteiger partial charge >= 0.3 is 0 Å². The molecule has 0 fully saturated rings. The van der Waals surface area contributed by atoms with Gasteiger partial charge in [-0.1, -0.05) is 54.1 Å².